The first kappa shape index (κ1) is 50.5. The van der Waals surface area contributed by atoms with Crippen molar-refractivity contribution in [1.82, 2.24) is 34.6 Å². The highest BCUT2D eigenvalue weighted by Gasteiger charge is 2.46. The molecule has 68 heavy (non-hydrogen) atoms. The summed E-state index contributed by atoms with van der Waals surface area (Å²) >= 11 is 0. The highest BCUT2D eigenvalue weighted by molar-refractivity contribution is 7.88. The molecule has 4 bridgehead atoms. The van der Waals surface area contributed by atoms with Crippen LogP contribution in [0.2, 0.25) is 0 Å². The molecule has 3 amide bonds. The molecule has 0 spiro atoms. The van der Waals surface area contributed by atoms with E-state index in [0.29, 0.717) is 43.4 Å². The van der Waals surface area contributed by atoms with Gasteiger partial charge in [0, 0.05) is 48.4 Å². The Morgan fingerprint density at radius 3 is 1.57 bits per heavy atom. The minimum Gasteiger partial charge on any atom is -0.345 e. The van der Waals surface area contributed by atoms with Gasteiger partial charge in [-0.2, -0.15) is 5.10 Å². The molecule has 0 radical (unpaired) electrons. The molecule has 5 heterocycles. The van der Waals surface area contributed by atoms with Gasteiger partial charge in [0.25, 0.3) is 0 Å². The molecule has 4 aromatic rings. The Balaban J connectivity index is 0.000000201. The fourth-order valence-electron chi connectivity index (χ4n) is 10.4. The van der Waals surface area contributed by atoms with E-state index in [-0.39, 0.29) is 96.5 Å². The number of aromatic nitrogens is 3. The predicted octanol–water partition coefficient (Wildman–Crippen LogP) is 4.75. The van der Waals surface area contributed by atoms with Crippen molar-refractivity contribution in [1.29, 1.82) is 0 Å². The van der Waals surface area contributed by atoms with E-state index >= 15 is 0 Å². The molecule has 368 valence electrons. The summed E-state index contributed by atoms with van der Waals surface area (Å²) in [5, 5.41) is 6.71. The van der Waals surface area contributed by atoms with E-state index in [1.165, 1.54) is 17.3 Å². The van der Waals surface area contributed by atoms with Crippen molar-refractivity contribution in [3.05, 3.63) is 119 Å². The van der Waals surface area contributed by atoms with Crippen LogP contribution in [0.25, 0.3) is 0 Å². The molecule has 14 nitrogen and oxygen atoms in total. The molecule has 2 unspecified atom stereocenters. The number of amides is 3. The Hall–Kier alpha value is -5.38. The first-order chi connectivity index (χ1) is 32.2. The normalized spacial score (nSPS) is 23.1. The van der Waals surface area contributed by atoms with Gasteiger partial charge in [-0.05, 0) is 119 Å². The number of carbonyl (C=O) groups excluding carboxylic acids is 3. The molecule has 4 aliphatic rings. The highest BCUT2D eigenvalue weighted by atomic mass is 32.2. The summed E-state index contributed by atoms with van der Waals surface area (Å²) in [4.78, 5) is 46.0. The number of nitrogens with two attached hydrogens (primary N) is 2. The van der Waals surface area contributed by atoms with Gasteiger partial charge in [0.15, 0.2) is 23.3 Å². The zero-order valence-corrected chi connectivity index (χ0v) is 38.6. The second-order valence-electron chi connectivity index (χ2n) is 18.9. The van der Waals surface area contributed by atoms with Crippen LogP contribution < -0.4 is 21.5 Å². The smallest absolute Gasteiger partial charge is 0.247 e. The standard InChI is InChI=1S/C24H28F3N3O3S.C23H29F3N6O2/c25-20-12-22(27)21(26)10-16(20)11-23(28)17-8-18-6-7-19(9-17)30(18)24(31)13-29-34(32,33)14-15-4-2-1-3-5-15;1-23(2,31-12-28-11-30-31)22(34)29-10-21(33)32-15-3-4-16(32)6-14(5-15)20(27)8-13-7-18(25)19(26)9-17(13)24/h1-5,10,12,17-19,23,29H,6-9,11,13-14,28H2;7,9,11-12,14-16,20H,3-6,8,10,27H2,1-2H3,(H,29,34)/t17?,18-,19+,23-;14?,15-,16+,20-/m11/s1. The third kappa shape index (κ3) is 11.7. The third-order valence-corrected chi connectivity index (χ3v) is 15.3. The van der Waals surface area contributed by atoms with E-state index in [2.05, 4.69) is 20.1 Å². The number of nitrogens with one attached hydrogen (secondary N) is 2. The Kier molecular flexibility index (Phi) is 15.7. The number of nitrogens with zero attached hydrogens (tertiary/aromatic N) is 5. The van der Waals surface area contributed by atoms with Gasteiger partial charge in [-0.3, -0.25) is 14.4 Å². The number of sulfonamides is 1. The topological polar surface area (TPSA) is 199 Å². The lowest BCUT2D eigenvalue weighted by Gasteiger charge is -2.41. The molecule has 0 aliphatic carbocycles. The summed E-state index contributed by atoms with van der Waals surface area (Å²) in [6.07, 6.45) is 8.68. The first-order valence-corrected chi connectivity index (χ1v) is 24.4. The SMILES string of the molecule is CC(C)(C(=O)NCC(=O)N1[C@@H]2CC[C@H]1CC([C@H](N)Cc1cc(F)c(F)cc1F)C2)n1cncn1.N[C@H](Cc1cc(F)c(F)cc1F)C1C[C@H]2CC[C@@H](C1)N2C(=O)CNS(=O)(=O)Cc1ccccc1. The first-order valence-electron chi connectivity index (χ1n) is 22.8. The van der Waals surface area contributed by atoms with Crippen LogP contribution in [0, 0.1) is 46.7 Å². The maximum atomic E-state index is 14.1. The van der Waals surface area contributed by atoms with Crippen molar-refractivity contribution >= 4 is 27.7 Å². The maximum absolute atomic E-state index is 14.1. The van der Waals surface area contributed by atoms with E-state index < -0.39 is 62.5 Å². The number of hydrogen-bond acceptors (Lipinski definition) is 9. The molecular formula is C47H57F6N9O5S. The molecule has 0 saturated carbocycles. The fourth-order valence-corrected chi connectivity index (χ4v) is 11.5. The van der Waals surface area contributed by atoms with Crippen LogP contribution in [-0.2, 0) is 48.5 Å². The molecule has 8 atom stereocenters. The van der Waals surface area contributed by atoms with Crippen molar-refractivity contribution < 1.29 is 49.1 Å². The molecule has 4 saturated heterocycles. The van der Waals surface area contributed by atoms with Crippen LogP contribution in [-0.4, -0.2) is 100 Å². The largest absolute Gasteiger partial charge is 0.345 e. The maximum Gasteiger partial charge on any atom is 0.247 e. The number of carbonyl (C=O) groups is 3. The minimum atomic E-state index is -3.66. The predicted molar refractivity (Wildman–Crippen MR) is 238 cm³/mol. The Morgan fingerprint density at radius 1 is 0.691 bits per heavy atom. The van der Waals surface area contributed by atoms with E-state index in [4.69, 9.17) is 11.5 Å². The van der Waals surface area contributed by atoms with Crippen LogP contribution in [0.5, 0.6) is 0 Å². The quantitative estimate of drug-likeness (QED) is 0.0960. The summed E-state index contributed by atoms with van der Waals surface area (Å²) in [6, 6.07) is 10.4. The zero-order valence-electron chi connectivity index (χ0n) is 37.8. The average Bonchev–Trinajstić information content (AvgIpc) is 4.01. The molecule has 6 N–H and O–H groups in total. The summed E-state index contributed by atoms with van der Waals surface area (Å²) < 4.78 is 110. The number of piperidine rings is 2. The molecule has 8 rings (SSSR count). The van der Waals surface area contributed by atoms with E-state index in [9.17, 15) is 49.1 Å². The lowest BCUT2D eigenvalue weighted by atomic mass is 9.82. The van der Waals surface area contributed by atoms with Gasteiger partial charge in [0.1, 0.15) is 29.8 Å². The molecule has 21 heteroatoms. The molecule has 3 aromatic carbocycles. The van der Waals surface area contributed by atoms with Gasteiger partial charge < -0.3 is 26.6 Å². The second kappa shape index (κ2) is 21.1. The van der Waals surface area contributed by atoms with Crippen LogP contribution in [0.1, 0.15) is 81.9 Å². The fraction of sp³-hybridized carbons (Fsp3) is 0.511. The second-order valence-corrected chi connectivity index (χ2v) is 20.7. The Morgan fingerprint density at radius 2 is 1.13 bits per heavy atom. The minimum absolute atomic E-state index is 0.0103. The highest BCUT2D eigenvalue weighted by Crippen LogP contribution is 2.41. The van der Waals surface area contributed by atoms with Crippen LogP contribution in [0.3, 0.4) is 0 Å². The van der Waals surface area contributed by atoms with Crippen LogP contribution in [0.15, 0.2) is 67.3 Å². The average molecular weight is 974 g/mol. The van der Waals surface area contributed by atoms with Gasteiger partial charge in [-0.25, -0.2) is 49.1 Å². The summed E-state index contributed by atoms with van der Waals surface area (Å²) in [7, 11) is -3.66. The van der Waals surface area contributed by atoms with Gasteiger partial charge in [0.05, 0.1) is 18.8 Å². The molecule has 1 aromatic heterocycles. The lowest BCUT2D eigenvalue weighted by molar-refractivity contribution is -0.139. The number of rotatable bonds is 15. The summed E-state index contributed by atoms with van der Waals surface area (Å²) in [6.45, 7) is 2.95. The van der Waals surface area contributed by atoms with E-state index in [0.717, 1.165) is 37.8 Å². The summed E-state index contributed by atoms with van der Waals surface area (Å²) in [5.74, 6) is -7.28. The van der Waals surface area contributed by atoms with Gasteiger partial charge in [-0.15, -0.1) is 0 Å². The van der Waals surface area contributed by atoms with Crippen molar-refractivity contribution in [2.75, 3.05) is 13.1 Å². The molecule has 4 fully saturated rings. The van der Waals surface area contributed by atoms with E-state index in [1.54, 1.807) is 49.1 Å². The van der Waals surface area contributed by atoms with Gasteiger partial charge in [0.2, 0.25) is 27.7 Å². The number of benzene rings is 3. The van der Waals surface area contributed by atoms with E-state index in [1.807, 2.05) is 4.90 Å². The van der Waals surface area contributed by atoms with Crippen molar-refractivity contribution in [2.45, 2.75) is 126 Å². The lowest BCUT2D eigenvalue weighted by Crippen LogP contribution is -2.54. The zero-order chi connectivity index (χ0) is 49.1. The number of halogens is 6. The Labute approximate surface area is 391 Å². The van der Waals surface area contributed by atoms with Crippen LogP contribution >= 0.6 is 0 Å². The summed E-state index contributed by atoms with van der Waals surface area (Å²) in [5.41, 5.74) is 12.4. The van der Waals surface area contributed by atoms with Crippen molar-refractivity contribution in [3.8, 4) is 0 Å². The molecular weight excluding hydrogens is 917 g/mol. The third-order valence-electron chi connectivity index (χ3n) is 14.0. The number of hydrogen-bond donors (Lipinski definition) is 4. The van der Waals surface area contributed by atoms with Gasteiger partial charge >= 0.3 is 0 Å². The number of fused-ring (bicyclic) bond motifs is 4. The molecule has 4 aliphatic heterocycles. The van der Waals surface area contributed by atoms with Gasteiger partial charge in [-0.1, -0.05) is 30.3 Å². The Bertz CT molecular complexity index is 2530. The van der Waals surface area contributed by atoms with Crippen molar-refractivity contribution in [3.63, 3.8) is 0 Å². The monoisotopic (exact) mass is 973 g/mol. The van der Waals surface area contributed by atoms with Crippen LogP contribution in [0.4, 0.5) is 26.3 Å². The van der Waals surface area contributed by atoms with Crippen molar-refractivity contribution in [2.24, 2.45) is 23.3 Å².